The van der Waals surface area contributed by atoms with Crippen LogP contribution in [-0.2, 0) is 16.0 Å². The molecule has 0 saturated heterocycles. The van der Waals surface area contributed by atoms with Gasteiger partial charge in [0.15, 0.2) is 5.78 Å². The van der Waals surface area contributed by atoms with E-state index >= 15 is 0 Å². The molecule has 144 valence electrons. The number of carbonyl (C=O) groups excluding carboxylic acids is 1. The van der Waals surface area contributed by atoms with Gasteiger partial charge >= 0.3 is 5.97 Å². The van der Waals surface area contributed by atoms with Gasteiger partial charge in [-0.15, -0.1) is 0 Å². The van der Waals surface area contributed by atoms with Crippen molar-refractivity contribution in [3.05, 3.63) is 70.3 Å². The van der Waals surface area contributed by atoms with Crippen molar-refractivity contribution in [2.24, 2.45) is 5.41 Å². The predicted molar refractivity (Wildman–Crippen MR) is 106 cm³/mol. The van der Waals surface area contributed by atoms with E-state index < -0.39 is 17.0 Å². The van der Waals surface area contributed by atoms with Crippen molar-refractivity contribution in [3.63, 3.8) is 0 Å². The van der Waals surface area contributed by atoms with Crippen LogP contribution in [0.4, 0.5) is 0 Å². The quantitative estimate of drug-likeness (QED) is 0.604. The van der Waals surface area contributed by atoms with Gasteiger partial charge in [0, 0.05) is 29.9 Å². The van der Waals surface area contributed by atoms with E-state index in [9.17, 15) is 14.7 Å². The van der Waals surface area contributed by atoms with Gasteiger partial charge in [0.1, 0.15) is 5.60 Å². The van der Waals surface area contributed by atoms with Gasteiger partial charge in [-0.2, -0.15) is 0 Å². The number of allylic oxidation sites excluding steroid dienone is 3. The van der Waals surface area contributed by atoms with Crippen molar-refractivity contribution < 1.29 is 19.8 Å². The summed E-state index contributed by atoms with van der Waals surface area (Å²) in [5.41, 5.74) is 1.95. The van der Waals surface area contributed by atoms with E-state index in [0.717, 1.165) is 17.2 Å². The van der Waals surface area contributed by atoms with Crippen molar-refractivity contribution >= 4 is 11.8 Å². The van der Waals surface area contributed by atoms with Crippen LogP contribution in [-0.4, -0.2) is 27.6 Å². The Labute approximate surface area is 160 Å². The molecule has 0 spiro atoms. The van der Waals surface area contributed by atoms with Gasteiger partial charge < -0.3 is 10.2 Å². The second-order valence-electron chi connectivity index (χ2n) is 8.08. The smallest absolute Gasteiger partial charge is 0.328 e. The van der Waals surface area contributed by atoms with Crippen LogP contribution in [0.3, 0.4) is 0 Å². The largest absolute Gasteiger partial charge is 0.478 e. The van der Waals surface area contributed by atoms with Crippen LogP contribution in [0.25, 0.3) is 0 Å². The average Bonchev–Trinajstić information content (AvgIpc) is 2.56. The third-order valence-electron chi connectivity index (χ3n) is 5.44. The summed E-state index contributed by atoms with van der Waals surface area (Å²) in [4.78, 5) is 23.6. The van der Waals surface area contributed by atoms with Crippen molar-refractivity contribution in [2.75, 3.05) is 0 Å². The van der Waals surface area contributed by atoms with Crippen LogP contribution in [0.2, 0.25) is 0 Å². The van der Waals surface area contributed by atoms with Gasteiger partial charge in [-0.25, -0.2) is 4.79 Å². The van der Waals surface area contributed by atoms with E-state index in [2.05, 4.69) is 0 Å². The Hall–Kier alpha value is -2.46. The summed E-state index contributed by atoms with van der Waals surface area (Å²) in [6.07, 6.45) is 5.03. The van der Waals surface area contributed by atoms with E-state index in [-0.39, 0.29) is 12.2 Å². The molecule has 4 nitrogen and oxygen atoms in total. The molecule has 1 aliphatic carbocycles. The summed E-state index contributed by atoms with van der Waals surface area (Å²) >= 11 is 0. The van der Waals surface area contributed by atoms with Gasteiger partial charge in [-0.3, -0.25) is 4.79 Å². The monoisotopic (exact) mass is 368 g/mol. The number of aliphatic hydroxyl groups is 1. The van der Waals surface area contributed by atoms with Crippen LogP contribution in [0.15, 0.2) is 59.2 Å². The first kappa shape index (κ1) is 20.8. The van der Waals surface area contributed by atoms with Gasteiger partial charge in [0.05, 0.1) is 0 Å². The summed E-state index contributed by atoms with van der Waals surface area (Å²) in [7, 11) is 0. The molecule has 0 unspecified atom stereocenters. The number of carboxylic acid groups (broad SMARTS) is 1. The van der Waals surface area contributed by atoms with Crippen molar-refractivity contribution in [1.82, 2.24) is 0 Å². The SMILES string of the molecule is CC1=C(Cc2ccc(C)cc2)C(=O)CC(C)(C)[C@]1(O)/C=C/C(C)=C\C(=O)O. The number of carboxylic acids is 1. The predicted octanol–water partition coefficient (Wildman–Crippen LogP) is 4.17. The normalized spacial score (nSPS) is 23.2. The fourth-order valence-corrected chi connectivity index (χ4v) is 3.58. The minimum Gasteiger partial charge on any atom is -0.478 e. The van der Waals surface area contributed by atoms with Crippen LogP contribution in [0.5, 0.6) is 0 Å². The van der Waals surface area contributed by atoms with Gasteiger partial charge in [-0.1, -0.05) is 49.8 Å². The molecule has 0 aromatic heterocycles. The van der Waals surface area contributed by atoms with Gasteiger partial charge in [0.2, 0.25) is 0 Å². The maximum Gasteiger partial charge on any atom is 0.328 e. The van der Waals surface area contributed by atoms with Gasteiger partial charge in [0.25, 0.3) is 0 Å². The Kier molecular flexibility index (Phi) is 5.91. The number of hydrogen-bond acceptors (Lipinski definition) is 3. The van der Waals surface area contributed by atoms with E-state index in [4.69, 9.17) is 5.11 Å². The molecule has 0 bridgehead atoms. The number of ketones is 1. The second-order valence-corrected chi connectivity index (χ2v) is 8.08. The Morgan fingerprint density at radius 1 is 1.19 bits per heavy atom. The van der Waals surface area contributed by atoms with E-state index in [1.807, 2.05) is 45.0 Å². The molecule has 0 aliphatic heterocycles. The van der Waals surface area contributed by atoms with Crippen molar-refractivity contribution in [1.29, 1.82) is 0 Å². The molecule has 0 fully saturated rings. The Bertz CT molecular complexity index is 838. The van der Waals surface area contributed by atoms with Crippen LogP contribution in [0, 0.1) is 12.3 Å². The zero-order valence-corrected chi connectivity index (χ0v) is 16.7. The first-order valence-electron chi connectivity index (χ1n) is 9.08. The lowest BCUT2D eigenvalue weighted by Crippen LogP contribution is -2.49. The standard InChI is InChI=1S/C23H28O4/c1-15-6-8-18(9-7-15)13-19-17(3)23(27,22(4,5)14-20(19)24)11-10-16(2)12-21(25)26/h6-12,27H,13-14H2,1-5H3,(H,25,26)/b11-10+,16-12-/t23-/m0/s1. The first-order chi connectivity index (χ1) is 12.5. The molecule has 0 amide bonds. The number of benzene rings is 1. The molecule has 0 heterocycles. The molecule has 4 heteroatoms. The zero-order chi connectivity index (χ0) is 20.4. The number of hydrogen-bond donors (Lipinski definition) is 2. The summed E-state index contributed by atoms with van der Waals surface area (Å²) in [6.45, 7) is 9.19. The number of aliphatic carboxylic acids is 1. The highest BCUT2D eigenvalue weighted by molar-refractivity contribution is 5.98. The Balaban J connectivity index is 2.48. The third kappa shape index (κ3) is 4.45. The van der Waals surface area contributed by atoms with Crippen LogP contribution < -0.4 is 0 Å². The third-order valence-corrected chi connectivity index (χ3v) is 5.44. The molecule has 1 aliphatic rings. The lowest BCUT2D eigenvalue weighted by molar-refractivity contribution is -0.131. The molecular weight excluding hydrogens is 340 g/mol. The topological polar surface area (TPSA) is 74.6 Å². The maximum absolute atomic E-state index is 12.8. The maximum atomic E-state index is 12.8. The fourth-order valence-electron chi connectivity index (χ4n) is 3.58. The van der Waals surface area contributed by atoms with Crippen molar-refractivity contribution in [3.8, 4) is 0 Å². The first-order valence-corrected chi connectivity index (χ1v) is 9.08. The Morgan fingerprint density at radius 2 is 1.78 bits per heavy atom. The molecule has 27 heavy (non-hydrogen) atoms. The summed E-state index contributed by atoms with van der Waals surface area (Å²) in [6, 6.07) is 8.01. The fraction of sp³-hybridized carbons (Fsp3) is 0.391. The molecule has 1 aromatic rings. The lowest BCUT2D eigenvalue weighted by Gasteiger charge is -2.46. The van der Waals surface area contributed by atoms with Gasteiger partial charge in [-0.05, 0) is 43.6 Å². The van der Waals surface area contributed by atoms with E-state index in [1.54, 1.807) is 26.0 Å². The molecular formula is C23H28O4. The van der Waals surface area contributed by atoms with Crippen LogP contribution in [0.1, 0.15) is 45.2 Å². The number of aryl methyl sites for hydroxylation is 1. The number of rotatable bonds is 5. The summed E-state index contributed by atoms with van der Waals surface area (Å²) in [5.74, 6) is -0.983. The lowest BCUT2D eigenvalue weighted by atomic mass is 9.62. The van der Waals surface area contributed by atoms with Crippen molar-refractivity contribution in [2.45, 2.75) is 53.1 Å². The number of carbonyl (C=O) groups is 2. The molecule has 0 saturated carbocycles. The molecule has 1 atom stereocenters. The molecule has 0 radical (unpaired) electrons. The highest BCUT2D eigenvalue weighted by Gasteiger charge is 2.49. The van der Waals surface area contributed by atoms with E-state index in [0.29, 0.717) is 23.1 Å². The highest BCUT2D eigenvalue weighted by Crippen LogP contribution is 2.47. The average molecular weight is 368 g/mol. The van der Waals surface area contributed by atoms with E-state index in [1.165, 1.54) is 0 Å². The Morgan fingerprint density at radius 3 is 2.33 bits per heavy atom. The van der Waals surface area contributed by atoms with Crippen LogP contribution >= 0.6 is 0 Å². The molecule has 2 rings (SSSR count). The summed E-state index contributed by atoms with van der Waals surface area (Å²) in [5, 5.41) is 20.4. The molecule has 2 N–H and O–H groups in total. The zero-order valence-electron chi connectivity index (χ0n) is 16.7. The highest BCUT2D eigenvalue weighted by atomic mass is 16.4. The summed E-state index contributed by atoms with van der Waals surface area (Å²) < 4.78 is 0. The second kappa shape index (κ2) is 7.65. The number of Topliss-reactive ketones (excluding diaryl/α,β-unsaturated/α-hetero) is 1. The minimum atomic E-state index is -1.32. The minimum absolute atomic E-state index is 0.0500. The molecule has 1 aromatic carbocycles.